The summed E-state index contributed by atoms with van der Waals surface area (Å²) in [4.78, 5) is 24.0. The summed E-state index contributed by atoms with van der Waals surface area (Å²) < 4.78 is 11.5. The van der Waals surface area contributed by atoms with Gasteiger partial charge in [-0.1, -0.05) is 26.8 Å². The van der Waals surface area contributed by atoms with E-state index >= 15 is 0 Å². The predicted octanol–water partition coefficient (Wildman–Crippen LogP) is 4.84. The van der Waals surface area contributed by atoms with Crippen molar-refractivity contribution in [1.82, 2.24) is 0 Å². The molecule has 0 fully saturated rings. The Labute approximate surface area is 168 Å². The van der Waals surface area contributed by atoms with E-state index in [1.807, 2.05) is 32.0 Å². The highest BCUT2D eigenvalue weighted by atomic mass is 79.9. The Morgan fingerprint density at radius 1 is 1.11 bits per heavy atom. The number of esters is 1. The van der Waals surface area contributed by atoms with Crippen molar-refractivity contribution in [2.75, 3.05) is 18.5 Å². The molecule has 0 aliphatic rings. The van der Waals surface area contributed by atoms with Gasteiger partial charge in [-0.25, -0.2) is 4.79 Å². The van der Waals surface area contributed by atoms with Crippen molar-refractivity contribution >= 4 is 33.5 Å². The quantitative estimate of drug-likeness (QED) is 0.604. The topological polar surface area (TPSA) is 64.6 Å². The minimum atomic E-state index is -0.370. The first-order valence-corrected chi connectivity index (χ1v) is 9.66. The minimum absolute atomic E-state index is 0.109. The molecule has 2 aromatic carbocycles. The zero-order valence-corrected chi connectivity index (χ0v) is 17.3. The molecule has 2 aromatic rings. The van der Waals surface area contributed by atoms with Gasteiger partial charge in [0, 0.05) is 5.69 Å². The molecule has 1 N–H and O–H groups in total. The summed E-state index contributed by atoms with van der Waals surface area (Å²) in [6.45, 7) is 6.30. The van der Waals surface area contributed by atoms with Crippen LogP contribution in [0, 0.1) is 5.92 Å². The van der Waals surface area contributed by atoms with Crippen LogP contribution in [0.5, 0.6) is 5.75 Å². The predicted molar refractivity (Wildman–Crippen MR) is 109 cm³/mol. The van der Waals surface area contributed by atoms with Gasteiger partial charge < -0.3 is 14.8 Å². The fourth-order valence-corrected chi connectivity index (χ4v) is 2.78. The molecule has 0 unspecified atom stereocenters. The summed E-state index contributed by atoms with van der Waals surface area (Å²) in [6, 6.07) is 12.4. The maximum atomic E-state index is 12.1. The molecule has 0 aliphatic carbocycles. The first-order valence-electron chi connectivity index (χ1n) is 8.87. The molecule has 0 heterocycles. The Balaban J connectivity index is 1.86. The molecule has 27 heavy (non-hydrogen) atoms. The SMILES string of the molecule is CCc1ccc(OCC(=O)Nc2ccc(C(=O)OCC(C)C)cc2)c(Br)c1. The third-order valence-electron chi connectivity index (χ3n) is 3.72. The molecule has 0 aromatic heterocycles. The van der Waals surface area contributed by atoms with Crippen LogP contribution in [0.2, 0.25) is 0 Å². The van der Waals surface area contributed by atoms with Gasteiger partial charge in [-0.2, -0.15) is 0 Å². The number of ether oxygens (including phenoxy) is 2. The second-order valence-corrected chi connectivity index (χ2v) is 7.38. The number of halogens is 1. The third kappa shape index (κ3) is 6.71. The Morgan fingerprint density at radius 3 is 2.41 bits per heavy atom. The fraction of sp³-hybridized carbons (Fsp3) is 0.333. The number of benzene rings is 2. The van der Waals surface area contributed by atoms with E-state index < -0.39 is 0 Å². The second-order valence-electron chi connectivity index (χ2n) is 6.52. The third-order valence-corrected chi connectivity index (χ3v) is 4.34. The van der Waals surface area contributed by atoms with Crippen LogP contribution in [0.25, 0.3) is 0 Å². The highest BCUT2D eigenvalue weighted by Crippen LogP contribution is 2.26. The summed E-state index contributed by atoms with van der Waals surface area (Å²) in [6.07, 6.45) is 0.931. The molecule has 0 saturated carbocycles. The highest BCUT2D eigenvalue weighted by Gasteiger charge is 2.10. The van der Waals surface area contributed by atoms with Crippen molar-refractivity contribution in [2.45, 2.75) is 27.2 Å². The van der Waals surface area contributed by atoms with Crippen LogP contribution in [0.4, 0.5) is 5.69 Å². The van der Waals surface area contributed by atoms with E-state index in [9.17, 15) is 9.59 Å². The van der Waals surface area contributed by atoms with Crippen molar-refractivity contribution in [1.29, 1.82) is 0 Å². The van der Waals surface area contributed by atoms with E-state index in [4.69, 9.17) is 9.47 Å². The largest absolute Gasteiger partial charge is 0.483 e. The molecular weight excluding hydrogens is 410 g/mol. The number of amides is 1. The molecule has 144 valence electrons. The number of hydrogen-bond donors (Lipinski definition) is 1. The maximum Gasteiger partial charge on any atom is 0.338 e. The van der Waals surface area contributed by atoms with E-state index in [0.29, 0.717) is 23.6 Å². The van der Waals surface area contributed by atoms with Crippen molar-refractivity contribution < 1.29 is 19.1 Å². The number of carbonyl (C=O) groups excluding carboxylic acids is 2. The average molecular weight is 434 g/mol. The first-order chi connectivity index (χ1) is 12.9. The molecule has 0 spiro atoms. The summed E-state index contributed by atoms with van der Waals surface area (Å²) in [7, 11) is 0. The summed E-state index contributed by atoms with van der Waals surface area (Å²) >= 11 is 3.45. The van der Waals surface area contributed by atoms with Crippen LogP contribution in [0.1, 0.15) is 36.7 Å². The molecule has 1 amide bonds. The van der Waals surface area contributed by atoms with E-state index in [2.05, 4.69) is 28.2 Å². The Bertz CT molecular complexity index is 787. The van der Waals surface area contributed by atoms with Crippen LogP contribution in [0.3, 0.4) is 0 Å². The second kappa shape index (κ2) is 10.1. The van der Waals surface area contributed by atoms with Gasteiger partial charge >= 0.3 is 5.97 Å². The van der Waals surface area contributed by atoms with Crippen LogP contribution in [-0.4, -0.2) is 25.1 Å². The van der Waals surface area contributed by atoms with Crippen molar-refractivity contribution in [2.24, 2.45) is 5.92 Å². The zero-order chi connectivity index (χ0) is 19.8. The van der Waals surface area contributed by atoms with Crippen LogP contribution < -0.4 is 10.1 Å². The van der Waals surface area contributed by atoms with E-state index in [1.54, 1.807) is 24.3 Å². The fourth-order valence-electron chi connectivity index (χ4n) is 2.24. The lowest BCUT2D eigenvalue weighted by Gasteiger charge is -2.10. The van der Waals surface area contributed by atoms with Crippen molar-refractivity contribution in [3.63, 3.8) is 0 Å². The van der Waals surface area contributed by atoms with Crippen molar-refractivity contribution in [3.05, 3.63) is 58.1 Å². The lowest BCUT2D eigenvalue weighted by molar-refractivity contribution is -0.118. The summed E-state index contributed by atoms with van der Waals surface area (Å²) in [5.41, 5.74) is 2.22. The maximum absolute atomic E-state index is 12.1. The lowest BCUT2D eigenvalue weighted by atomic mass is 10.2. The van der Waals surface area contributed by atoms with E-state index in [1.165, 1.54) is 5.56 Å². The number of nitrogens with one attached hydrogen (secondary N) is 1. The molecule has 0 atom stereocenters. The van der Waals surface area contributed by atoms with Gasteiger partial charge in [0.05, 0.1) is 16.6 Å². The lowest BCUT2D eigenvalue weighted by Crippen LogP contribution is -2.20. The summed E-state index contributed by atoms with van der Waals surface area (Å²) in [5, 5.41) is 2.74. The summed E-state index contributed by atoms with van der Waals surface area (Å²) in [5.74, 6) is 0.248. The van der Waals surface area contributed by atoms with Gasteiger partial charge in [0.1, 0.15) is 5.75 Å². The molecule has 0 aliphatic heterocycles. The van der Waals surface area contributed by atoms with Gasteiger partial charge in [0.15, 0.2) is 6.61 Å². The number of hydrogen-bond acceptors (Lipinski definition) is 4. The molecular formula is C21H24BrNO4. The molecule has 6 heteroatoms. The average Bonchev–Trinajstić information content (AvgIpc) is 2.65. The minimum Gasteiger partial charge on any atom is -0.483 e. The van der Waals surface area contributed by atoms with Gasteiger partial charge in [-0.15, -0.1) is 0 Å². The van der Waals surface area contributed by atoms with Crippen LogP contribution in [-0.2, 0) is 16.0 Å². The Kier molecular flexibility index (Phi) is 7.85. The highest BCUT2D eigenvalue weighted by molar-refractivity contribution is 9.10. The monoisotopic (exact) mass is 433 g/mol. The normalized spacial score (nSPS) is 10.6. The molecule has 2 rings (SSSR count). The number of aryl methyl sites for hydroxylation is 1. The Morgan fingerprint density at radius 2 is 1.81 bits per heavy atom. The van der Waals surface area contributed by atoms with E-state index in [0.717, 1.165) is 10.9 Å². The first kappa shape index (κ1) is 21.0. The number of rotatable bonds is 8. The van der Waals surface area contributed by atoms with Crippen LogP contribution in [0.15, 0.2) is 46.9 Å². The molecule has 0 saturated heterocycles. The van der Waals surface area contributed by atoms with Gasteiger partial charge in [0.25, 0.3) is 5.91 Å². The molecule has 0 bridgehead atoms. The Hall–Kier alpha value is -2.34. The molecule has 5 nitrogen and oxygen atoms in total. The number of carbonyl (C=O) groups is 2. The smallest absolute Gasteiger partial charge is 0.338 e. The molecule has 0 radical (unpaired) electrons. The standard InChI is InChI=1S/C21H24BrNO4/c1-4-15-5-10-19(18(22)11-15)26-13-20(24)23-17-8-6-16(7-9-17)21(25)27-12-14(2)3/h5-11,14H,4,12-13H2,1-3H3,(H,23,24). The van der Waals surface area contributed by atoms with Gasteiger partial charge in [-0.3, -0.25) is 4.79 Å². The van der Waals surface area contributed by atoms with Crippen molar-refractivity contribution in [3.8, 4) is 5.75 Å². The van der Waals surface area contributed by atoms with Crippen LogP contribution >= 0.6 is 15.9 Å². The number of anilines is 1. The van der Waals surface area contributed by atoms with Gasteiger partial charge in [0.2, 0.25) is 0 Å². The van der Waals surface area contributed by atoms with Gasteiger partial charge in [-0.05, 0) is 70.2 Å². The van der Waals surface area contributed by atoms with E-state index in [-0.39, 0.29) is 24.4 Å². The zero-order valence-electron chi connectivity index (χ0n) is 15.8.